The second-order valence-electron chi connectivity index (χ2n) is 12.5. The summed E-state index contributed by atoms with van der Waals surface area (Å²) < 4.78 is 0. The van der Waals surface area contributed by atoms with Crippen molar-refractivity contribution in [1.29, 1.82) is 0 Å². The molecule has 9 aliphatic carbocycles. The Labute approximate surface area is 145 Å². The molecule has 0 nitrogen and oxygen atoms in total. The van der Waals surface area contributed by atoms with Crippen molar-refractivity contribution in [3.05, 3.63) is 12.2 Å². The lowest BCUT2D eigenvalue weighted by Gasteiger charge is -2.32. The van der Waals surface area contributed by atoms with Gasteiger partial charge in [-0.3, -0.25) is 0 Å². The number of rotatable bonds is 0. The van der Waals surface area contributed by atoms with Crippen LogP contribution in [0.3, 0.4) is 0 Å². The van der Waals surface area contributed by atoms with Crippen molar-refractivity contribution in [3.8, 4) is 0 Å². The Morgan fingerprint density at radius 1 is 0.667 bits per heavy atom. The predicted molar refractivity (Wildman–Crippen MR) is 92.7 cm³/mol. The van der Waals surface area contributed by atoms with Gasteiger partial charge >= 0.3 is 0 Å². The maximum atomic E-state index is 2.82. The largest absolute Gasteiger partial charge is 0.0848 e. The van der Waals surface area contributed by atoms with Gasteiger partial charge in [0, 0.05) is 0 Å². The van der Waals surface area contributed by atoms with Gasteiger partial charge in [0.15, 0.2) is 0 Å². The van der Waals surface area contributed by atoms with Gasteiger partial charge in [0.1, 0.15) is 0 Å². The highest BCUT2D eigenvalue weighted by molar-refractivity contribution is 5.40. The van der Waals surface area contributed by atoms with Crippen LogP contribution in [0.4, 0.5) is 0 Å². The molecule has 0 amide bonds. The Hall–Kier alpha value is -0.260. The Kier molecular flexibility index (Phi) is 1.53. The summed E-state index contributed by atoms with van der Waals surface area (Å²) in [6, 6.07) is 0. The van der Waals surface area contributed by atoms with Gasteiger partial charge in [0.05, 0.1) is 0 Å². The minimum absolute atomic E-state index is 0.830. The van der Waals surface area contributed by atoms with Gasteiger partial charge in [0.2, 0.25) is 0 Å². The molecule has 9 aliphatic rings. The summed E-state index contributed by atoms with van der Waals surface area (Å²) in [6.07, 6.45) is 11.7. The van der Waals surface area contributed by atoms with Crippen molar-refractivity contribution in [2.45, 2.75) is 39.5 Å². The summed E-state index contributed by atoms with van der Waals surface area (Å²) in [5.74, 6) is 16.3. The fraction of sp³-hybridized carbons (Fsp3) is 0.917. The highest BCUT2D eigenvalue weighted by atomic mass is 15.0. The van der Waals surface area contributed by atoms with E-state index < -0.39 is 0 Å². The molecule has 0 aromatic heterocycles. The van der Waals surface area contributed by atoms with E-state index in [4.69, 9.17) is 0 Å². The lowest BCUT2D eigenvalue weighted by Crippen LogP contribution is -2.28. The zero-order valence-electron chi connectivity index (χ0n) is 15.1. The molecule has 0 radical (unpaired) electrons. The van der Waals surface area contributed by atoms with Crippen LogP contribution in [-0.2, 0) is 0 Å². The molecule has 2 bridgehead atoms. The van der Waals surface area contributed by atoms with Crippen molar-refractivity contribution in [3.63, 3.8) is 0 Å². The van der Waals surface area contributed by atoms with Crippen LogP contribution in [0.1, 0.15) is 39.5 Å². The average Bonchev–Trinajstić information content (AvgIpc) is 3.11. The Morgan fingerprint density at radius 2 is 1.38 bits per heavy atom. The van der Waals surface area contributed by atoms with Crippen LogP contribution in [0.2, 0.25) is 0 Å². The van der Waals surface area contributed by atoms with Gasteiger partial charge in [-0.15, -0.1) is 0 Å². The number of hydrogen-bond donors (Lipinski definition) is 0. The van der Waals surface area contributed by atoms with E-state index in [1.165, 1.54) is 59.2 Å². The third-order valence-electron chi connectivity index (χ3n) is 12.9. The number of allylic oxidation sites excluding steroid dienone is 2. The highest BCUT2D eigenvalue weighted by Gasteiger charge is 2.92. The fourth-order valence-corrected chi connectivity index (χ4v) is 13.0. The van der Waals surface area contributed by atoms with Crippen LogP contribution < -0.4 is 0 Å². The SMILES string of the molecule is CC12CC[C@H]3C4C5C6CC7C8C=CC(C8)C7C6C6C5C6(C)C4C1C32. The Bertz CT molecular complexity index is 749. The highest BCUT2D eigenvalue weighted by Crippen LogP contribution is 2.96. The van der Waals surface area contributed by atoms with E-state index in [0.717, 1.165) is 34.5 Å². The number of fused-ring (bicyclic) bond motifs is 16. The molecule has 126 valence electrons. The molecule has 0 heteroatoms. The summed E-state index contributed by atoms with van der Waals surface area (Å²) >= 11 is 0. The van der Waals surface area contributed by atoms with Crippen LogP contribution in [0, 0.1) is 93.7 Å². The van der Waals surface area contributed by atoms with Crippen LogP contribution in [0.25, 0.3) is 0 Å². The lowest BCUT2D eigenvalue weighted by atomic mass is 9.72. The quantitative estimate of drug-likeness (QED) is 0.559. The molecule has 0 aliphatic heterocycles. The molecule has 8 saturated carbocycles. The summed E-state index contributed by atoms with van der Waals surface area (Å²) in [5.41, 5.74) is 1.66. The second-order valence-corrected chi connectivity index (χ2v) is 12.5. The van der Waals surface area contributed by atoms with E-state index in [0.29, 0.717) is 0 Å². The Balaban J connectivity index is 1.20. The monoisotopic (exact) mass is 318 g/mol. The van der Waals surface area contributed by atoms with Crippen LogP contribution in [0.15, 0.2) is 12.2 Å². The van der Waals surface area contributed by atoms with Crippen molar-refractivity contribution in [2.24, 2.45) is 93.7 Å². The van der Waals surface area contributed by atoms with Crippen LogP contribution >= 0.6 is 0 Å². The zero-order chi connectivity index (χ0) is 15.3. The van der Waals surface area contributed by atoms with E-state index in [9.17, 15) is 0 Å². The first-order chi connectivity index (χ1) is 11.7. The minimum atomic E-state index is 0.830. The molecule has 9 rings (SSSR count). The van der Waals surface area contributed by atoms with Crippen LogP contribution in [-0.4, -0.2) is 0 Å². The summed E-state index contributed by atoms with van der Waals surface area (Å²) in [7, 11) is 0. The summed E-state index contributed by atoms with van der Waals surface area (Å²) in [6.45, 7) is 5.51. The van der Waals surface area contributed by atoms with Gasteiger partial charge in [-0.25, -0.2) is 0 Å². The third kappa shape index (κ3) is 0.852. The van der Waals surface area contributed by atoms with Gasteiger partial charge < -0.3 is 0 Å². The molecular formula is C24H30. The maximum absolute atomic E-state index is 2.82. The first kappa shape index (κ1) is 12.2. The summed E-state index contributed by atoms with van der Waals surface area (Å²) in [5, 5.41) is 0. The predicted octanol–water partition coefficient (Wildman–Crippen LogP) is 4.86. The van der Waals surface area contributed by atoms with Crippen molar-refractivity contribution >= 4 is 0 Å². The smallest absolute Gasteiger partial charge is 0.0194 e. The molecule has 0 spiro atoms. The Morgan fingerprint density at radius 3 is 2.25 bits per heavy atom. The maximum Gasteiger partial charge on any atom is -0.0194 e. The first-order valence-corrected chi connectivity index (χ1v) is 11.3. The van der Waals surface area contributed by atoms with E-state index in [2.05, 4.69) is 26.0 Å². The average molecular weight is 319 g/mol. The van der Waals surface area contributed by atoms with Gasteiger partial charge in [-0.2, -0.15) is 0 Å². The van der Waals surface area contributed by atoms with Crippen molar-refractivity contribution in [1.82, 2.24) is 0 Å². The first-order valence-electron chi connectivity index (χ1n) is 11.3. The molecular weight excluding hydrogens is 288 g/mol. The van der Waals surface area contributed by atoms with E-state index in [-0.39, 0.29) is 0 Å². The standard InChI is InChI=1S/C24H30/c1-23-6-5-11-15-17-13-8-12-9-3-4-10(7-9)14(12)16(13)19-20(17)24(19,2)21(15)22(23)18(11)23/h3-4,9-22H,5-8H2,1-2H3/t9?,10?,11-,12?,13?,14?,15?,16?,17?,18?,19?,20?,21?,22?,23?,24?/m0/s1. The third-order valence-corrected chi connectivity index (χ3v) is 12.9. The lowest BCUT2D eigenvalue weighted by molar-refractivity contribution is 0.152. The van der Waals surface area contributed by atoms with Gasteiger partial charge in [-0.1, -0.05) is 26.0 Å². The van der Waals surface area contributed by atoms with E-state index in [1.807, 2.05) is 0 Å². The van der Waals surface area contributed by atoms with Gasteiger partial charge in [0.25, 0.3) is 0 Å². The fourth-order valence-electron chi connectivity index (χ4n) is 13.0. The molecule has 24 heavy (non-hydrogen) atoms. The molecule has 16 atom stereocenters. The second kappa shape index (κ2) is 3.01. The van der Waals surface area contributed by atoms with Gasteiger partial charge in [-0.05, 0) is 119 Å². The number of hydrogen-bond acceptors (Lipinski definition) is 0. The molecule has 8 fully saturated rings. The van der Waals surface area contributed by atoms with Crippen molar-refractivity contribution in [2.75, 3.05) is 0 Å². The van der Waals surface area contributed by atoms with Crippen molar-refractivity contribution < 1.29 is 0 Å². The minimum Gasteiger partial charge on any atom is -0.0848 e. The molecule has 0 aromatic rings. The normalized spacial score (nSPS) is 84.6. The summed E-state index contributed by atoms with van der Waals surface area (Å²) in [4.78, 5) is 0. The zero-order valence-corrected chi connectivity index (χ0v) is 15.1. The topological polar surface area (TPSA) is 0 Å². The molecule has 15 unspecified atom stereocenters. The molecule has 0 aromatic carbocycles. The van der Waals surface area contributed by atoms with Crippen LogP contribution in [0.5, 0.6) is 0 Å². The molecule has 0 saturated heterocycles. The molecule has 0 N–H and O–H groups in total. The van der Waals surface area contributed by atoms with E-state index >= 15 is 0 Å². The molecule has 0 heterocycles. The van der Waals surface area contributed by atoms with E-state index in [1.54, 1.807) is 25.7 Å².